The summed E-state index contributed by atoms with van der Waals surface area (Å²) < 4.78 is 10.6. The predicted molar refractivity (Wildman–Crippen MR) is 72.0 cm³/mol. The van der Waals surface area contributed by atoms with Crippen LogP contribution in [-0.2, 0) is 4.79 Å². The summed E-state index contributed by atoms with van der Waals surface area (Å²) >= 11 is 0. The maximum absolute atomic E-state index is 11.6. The highest BCUT2D eigenvalue weighted by atomic mass is 16.5. The molecule has 1 aliphatic rings. The van der Waals surface area contributed by atoms with Gasteiger partial charge in [0.15, 0.2) is 0 Å². The number of carbonyl (C=O) groups excluding carboxylic acids is 1. The van der Waals surface area contributed by atoms with Crippen LogP contribution in [0.5, 0.6) is 11.5 Å². The van der Waals surface area contributed by atoms with Gasteiger partial charge in [-0.15, -0.1) is 12.3 Å². The molecule has 1 aromatic carbocycles. The van der Waals surface area contributed by atoms with Gasteiger partial charge in [0, 0.05) is 18.9 Å². The van der Waals surface area contributed by atoms with Crippen LogP contribution in [0.3, 0.4) is 0 Å². The smallest absolute Gasteiger partial charge is 0.224 e. The van der Waals surface area contributed by atoms with E-state index in [4.69, 9.17) is 15.9 Å². The van der Waals surface area contributed by atoms with Gasteiger partial charge in [-0.05, 0) is 24.3 Å². The second kappa shape index (κ2) is 6.14. The number of hydrogen-bond donors (Lipinski definition) is 0. The zero-order chi connectivity index (χ0) is 13.7. The molecule has 1 amide bonds. The van der Waals surface area contributed by atoms with Crippen LogP contribution in [0.25, 0.3) is 0 Å². The van der Waals surface area contributed by atoms with Crippen molar-refractivity contribution in [3.63, 3.8) is 0 Å². The number of likely N-dealkylation sites (tertiary alicyclic amines) is 1. The Balaban J connectivity index is 1.77. The molecule has 0 spiro atoms. The van der Waals surface area contributed by atoms with Crippen LogP contribution in [0, 0.1) is 18.3 Å². The molecule has 4 nitrogen and oxygen atoms in total. The summed E-state index contributed by atoms with van der Waals surface area (Å²) in [7, 11) is 1.62. The van der Waals surface area contributed by atoms with Gasteiger partial charge in [-0.2, -0.15) is 0 Å². The fraction of sp³-hybridized carbons (Fsp3) is 0.400. The molecule has 0 saturated carbocycles. The van der Waals surface area contributed by atoms with Gasteiger partial charge in [0.1, 0.15) is 18.1 Å². The molecular weight excluding hydrogens is 242 g/mol. The van der Waals surface area contributed by atoms with Crippen LogP contribution < -0.4 is 9.47 Å². The summed E-state index contributed by atoms with van der Waals surface area (Å²) in [5, 5.41) is 0. The van der Waals surface area contributed by atoms with E-state index >= 15 is 0 Å². The van der Waals surface area contributed by atoms with Gasteiger partial charge in [0.05, 0.1) is 13.7 Å². The minimum Gasteiger partial charge on any atom is -0.497 e. The molecule has 1 fully saturated rings. The fourth-order valence-corrected chi connectivity index (χ4v) is 2.05. The molecule has 0 aliphatic carbocycles. The molecule has 1 heterocycles. The Morgan fingerprint density at radius 1 is 1.37 bits per heavy atom. The molecule has 0 aromatic heterocycles. The summed E-state index contributed by atoms with van der Waals surface area (Å²) in [5.74, 6) is 4.35. The first kappa shape index (κ1) is 13.3. The van der Waals surface area contributed by atoms with Crippen LogP contribution in [0.4, 0.5) is 0 Å². The lowest BCUT2D eigenvalue weighted by atomic mass is 10.1. The van der Waals surface area contributed by atoms with E-state index in [-0.39, 0.29) is 11.8 Å². The van der Waals surface area contributed by atoms with Crippen molar-refractivity contribution in [1.82, 2.24) is 4.90 Å². The van der Waals surface area contributed by atoms with E-state index in [1.54, 1.807) is 12.0 Å². The molecule has 2 rings (SSSR count). The molecule has 100 valence electrons. The number of amides is 1. The van der Waals surface area contributed by atoms with E-state index in [1.165, 1.54) is 0 Å². The van der Waals surface area contributed by atoms with Crippen molar-refractivity contribution in [2.24, 2.45) is 5.92 Å². The Kier molecular flexibility index (Phi) is 4.30. The average molecular weight is 259 g/mol. The van der Waals surface area contributed by atoms with Gasteiger partial charge in [0.2, 0.25) is 5.91 Å². The summed E-state index contributed by atoms with van der Waals surface area (Å²) in [4.78, 5) is 13.4. The van der Waals surface area contributed by atoms with Gasteiger partial charge in [-0.25, -0.2) is 0 Å². The zero-order valence-electron chi connectivity index (χ0n) is 11.0. The molecule has 1 unspecified atom stereocenters. The summed E-state index contributed by atoms with van der Waals surface area (Å²) in [6, 6.07) is 7.36. The van der Waals surface area contributed by atoms with Crippen LogP contribution in [0.2, 0.25) is 0 Å². The monoisotopic (exact) mass is 259 g/mol. The molecule has 0 radical (unpaired) electrons. The lowest BCUT2D eigenvalue weighted by Crippen LogP contribution is -2.29. The van der Waals surface area contributed by atoms with Crippen LogP contribution in [0.1, 0.15) is 6.42 Å². The van der Waals surface area contributed by atoms with Gasteiger partial charge in [0.25, 0.3) is 0 Å². The Labute approximate surface area is 113 Å². The van der Waals surface area contributed by atoms with Gasteiger partial charge in [-0.1, -0.05) is 0 Å². The van der Waals surface area contributed by atoms with Gasteiger partial charge >= 0.3 is 0 Å². The van der Waals surface area contributed by atoms with Crippen molar-refractivity contribution in [1.29, 1.82) is 0 Å². The van der Waals surface area contributed by atoms with Crippen molar-refractivity contribution >= 4 is 5.91 Å². The first-order valence-electron chi connectivity index (χ1n) is 6.23. The standard InChI is InChI=1S/C15H17NO3/c1-3-12-10-15(17)16(11-12)8-9-19-14-6-4-13(18-2)5-7-14/h1,4-7,12H,8-11H2,2H3. The topological polar surface area (TPSA) is 38.8 Å². The van der Waals surface area contributed by atoms with Crippen LogP contribution >= 0.6 is 0 Å². The van der Waals surface area contributed by atoms with Crippen molar-refractivity contribution in [3.8, 4) is 23.8 Å². The Bertz CT molecular complexity index is 475. The predicted octanol–water partition coefficient (Wildman–Crippen LogP) is 1.56. The zero-order valence-corrected chi connectivity index (χ0v) is 11.0. The number of ether oxygens (including phenoxy) is 2. The van der Waals surface area contributed by atoms with Crippen LogP contribution in [0.15, 0.2) is 24.3 Å². The van der Waals surface area contributed by atoms with Crippen molar-refractivity contribution < 1.29 is 14.3 Å². The van der Waals surface area contributed by atoms with Crippen molar-refractivity contribution in [2.45, 2.75) is 6.42 Å². The van der Waals surface area contributed by atoms with E-state index in [2.05, 4.69) is 5.92 Å². The van der Waals surface area contributed by atoms with E-state index in [0.29, 0.717) is 26.1 Å². The lowest BCUT2D eigenvalue weighted by molar-refractivity contribution is -0.128. The Morgan fingerprint density at radius 3 is 2.63 bits per heavy atom. The molecule has 0 bridgehead atoms. The fourth-order valence-electron chi connectivity index (χ4n) is 2.05. The van der Waals surface area contributed by atoms with E-state index < -0.39 is 0 Å². The minimum atomic E-state index is 0.0495. The highest BCUT2D eigenvalue weighted by molar-refractivity contribution is 5.79. The second-order valence-corrected chi connectivity index (χ2v) is 4.43. The normalized spacial score (nSPS) is 18.2. The molecular formula is C15H17NO3. The third-order valence-electron chi connectivity index (χ3n) is 3.14. The van der Waals surface area contributed by atoms with Gasteiger partial charge < -0.3 is 14.4 Å². The molecule has 1 atom stereocenters. The van der Waals surface area contributed by atoms with Crippen molar-refractivity contribution in [3.05, 3.63) is 24.3 Å². The summed E-state index contributed by atoms with van der Waals surface area (Å²) in [6.07, 6.45) is 5.79. The average Bonchev–Trinajstić information content (AvgIpc) is 2.80. The molecule has 1 aromatic rings. The van der Waals surface area contributed by atoms with Crippen LogP contribution in [-0.4, -0.2) is 37.6 Å². The van der Waals surface area contributed by atoms with E-state index in [1.807, 2.05) is 24.3 Å². The maximum atomic E-state index is 11.6. The highest BCUT2D eigenvalue weighted by Crippen LogP contribution is 2.18. The third-order valence-corrected chi connectivity index (χ3v) is 3.14. The van der Waals surface area contributed by atoms with E-state index in [0.717, 1.165) is 11.5 Å². The van der Waals surface area contributed by atoms with Gasteiger partial charge in [-0.3, -0.25) is 4.79 Å². The number of nitrogens with zero attached hydrogens (tertiary/aromatic N) is 1. The number of methoxy groups -OCH3 is 1. The molecule has 1 aliphatic heterocycles. The minimum absolute atomic E-state index is 0.0495. The lowest BCUT2D eigenvalue weighted by Gasteiger charge is -2.16. The second-order valence-electron chi connectivity index (χ2n) is 4.43. The number of rotatable bonds is 5. The Morgan fingerprint density at radius 2 is 2.05 bits per heavy atom. The number of hydrogen-bond acceptors (Lipinski definition) is 3. The molecule has 1 saturated heterocycles. The van der Waals surface area contributed by atoms with E-state index in [9.17, 15) is 4.79 Å². The molecule has 19 heavy (non-hydrogen) atoms. The number of carbonyl (C=O) groups is 1. The van der Waals surface area contributed by atoms with Crippen molar-refractivity contribution in [2.75, 3.05) is 26.8 Å². The maximum Gasteiger partial charge on any atom is 0.224 e. The first-order valence-corrected chi connectivity index (χ1v) is 6.23. The summed E-state index contributed by atoms with van der Waals surface area (Å²) in [5.41, 5.74) is 0. The SMILES string of the molecule is C#CC1CC(=O)N(CCOc2ccc(OC)cc2)C1. The quantitative estimate of drug-likeness (QED) is 0.753. The number of terminal acetylenes is 1. The number of benzene rings is 1. The first-order chi connectivity index (χ1) is 9.22. The molecule has 0 N–H and O–H groups in total. The molecule has 4 heteroatoms. The summed E-state index contributed by atoms with van der Waals surface area (Å²) in [6.45, 7) is 1.68. The Hall–Kier alpha value is -2.15. The third kappa shape index (κ3) is 3.41. The highest BCUT2D eigenvalue weighted by Gasteiger charge is 2.27. The largest absolute Gasteiger partial charge is 0.497 e.